The number of amides is 2. The van der Waals surface area contributed by atoms with Crippen molar-refractivity contribution in [2.24, 2.45) is 5.92 Å². The Bertz CT molecular complexity index is 480. The third-order valence-electron chi connectivity index (χ3n) is 3.87. The highest BCUT2D eigenvalue weighted by Crippen LogP contribution is 2.31. The number of nitrogens with one attached hydrogen (secondary N) is 2. The molecule has 4 unspecified atom stereocenters. The Morgan fingerprint density at radius 2 is 2.21 bits per heavy atom. The number of methoxy groups -OCH3 is 1. The Hall–Kier alpha value is -1.03. The Kier molecular flexibility index (Phi) is 8.28. The molecule has 8 nitrogen and oxygen atoms in total. The third kappa shape index (κ3) is 4.98. The van der Waals surface area contributed by atoms with Crippen molar-refractivity contribution < 1.29 is 29.3 Å². The molecule has 1 fully saturated rings. The average molecular weight is 383 g/mol. The van der Waals surface area contributed by atoms with Crippen molar-refractivity contribution >= 4 is 41.1 Å². The van der Waals surface area contributed by atoms with Gasteiger partial charge in [-0.3, -0.25) is 9.59 Å². The summed E-state index contributed by atoms with van der Waals surface area (Å²) in [6.45, 7) is 0.836. The predicted molar refractivity (Wildman–Crippen MR) is 89.7 cm³/mol. The van der Waals surface area contributed by atoms with Crippen LogP contribution in [0.4, 0.5) is 0 Å². The number of aliphatic hydroxyl groups is 2. The first-order valence-corrected chi connectivity index (χ1v) is 9.09. The molecule has 10 heteroatoms. The maximum atomic E-state index is 12.0. The van der Waals surface area contributed by atoms with Gasteiger partial charge in [-0.05, 0) is 6.42 Å². The first-order valence-electron chi connectivity index (χ1n) is 7.41. The number of hydrogen-bond donors (Lipinski definition) is 4. The van der Waals surface area contributed by atoms with E-state index in [1.54, 1.807) is 0 Å². The van der Waals surface area contributed by atoms with E-state index in [-0.39, 0.29) is 29.2 Å². The van der Waals surface area contributed by atoms with Crippen LogP contribution in [0.15, 0.2) is 0 Å². The predicted octanol–water partition coefficient (Wildman–Crippen LogP) is -1.14. The van der Waals surface area contributed by atoms with Gasteiger partial charge in [-0.2, -0.15) is 11.8 Å². The minimum atomic E-state index is -1.20. The maximum absolute atomic E-state index is 12.0. The molecule has 2 amide bonds. The largest absolute Gasteiger partial charge is 0.467 e. The quantitative estimate of drug-likeness (QED) is 0.293. The smallest absolute Gasteiger partial charge is 0.329 e. The molecular weight excluding hydrogens is 360 g/mol. The Balaban J connectivity index is 2.70. The number of aliphatic hydroxyl groups excluding tert-OH is 2. The molecule has 1 heterocycles. The van der Waals surface area contributed by atoms with E-state index in [1.807, 2.05) is 0 Å². The van der Waals surface area contributed by atoms with Gasteiger partial charge in [0.05, 0.1) is 31.3 Å². The van der Waals surface area contributed by atoms with Crippen LogP contribution in [0.5, 0.6) is 0 Å². The van der Waals surface area contributed by atoms with E-state index in [2.05, 4.69) is 15.4 Å². The minimum absolute atomic E-state index is 0.169. The van der Waals surface area contributed by atoms with E-state index in [0.29, 0.717) is 6.42 Å². The molecule has 1 rings (SSSR count). The normalized spacial score (nSPS) is 27.5. The van der Waals surface area contributed by atoms with E-state index in [4.69, 9.17) is 11.6 Å². The van der Waals surface area contributed by atoms with Gasteiger partial charge in [0.1, 0.15) is 6.04 Å². The Morgan fingerprint density at radius 3 is 2.71 bits per heavy atom. The highest BCUT2D eigenvalue weighted by atomic mass is 35.5. The SMILES string of the molecule is COC(=O)C(CSCC1(CO)NC(=O)C(CCCl)C1O)NC(C)=O. The number of thioether (sulfide) groups is 1. The highest BCUT2D eigenvalue weighted by molar-refractivity contribution is 7.99. The number of rotatable bonds is 9. The van der Waals surface area contributed by atoms with Gasteiger partial charge < -0.3 is 25.6 Å². The zero-order valence-electron chi connectivity index (χ0n) is 13.6. The molecule has 1 aliphatic rings. The Morgan fingerprint density at radius 1 is 1.54 bits per heavy atom. The lowest BCUT2D eigenvalue weighted by Crippen LogP contribution is -2.55. The topological polar surface area (TPSA) is 125 Å². The fourth-order valence-corrected chi connectivity index (χ4v) is 4.07. The molecule has 0 radical (unpaired) electrons. The molecule has 24 heavy (non-hydrogen) atoms. The summed E-state index contributed by atoms with van der Waals surface area (Å²) < 4.78 is 4.62. The van der Waals surface area contributed by atoms with Gasteiger partial charge in [0.2, 0.25) is 11.8 Å². The van der Waals surface area contributed by atoms with E-state index in [0.717, 1.165) is 0 Å². The van der Waals surface area contributed by atoms with Crippen LogP contribution in [0.25, 0.3) is 0 Å². The second-order valence-electron chi connectivity index (χ2n) is 5.62. The lowest BCUT2D eigenvalue weighted by molar-refractivity contribution is -0.144. The first kappa shape index (κ1) is 21.0. The lowest BCUT2D eigenvalue weighted by Gasteiger charge is -2.31. The van der Waals surface area contributed by atoms with Crippen LogP contribution >= 0.6 is 23.4 Å². The average Bonchev–Trinajstić information content (AvgIpc) is 2.78. The van der Waals surface area contributed by atoms with Gasteiger partial charge in [0, 0.05) is 24.3 Å². The van der Waals surface area contributed by atoms with Gasteiger partial charge in [-0.1, -0.05) is 0 Å². The van der Waals surface area contributed by atoms with Gasteiger partial charge in [-0.15, -0.1) is 11.6 Å². The summed E-state index contributed by atoms with van der Waals surface area (Å²) in [5.74, 6) is -1.44. The van der Waals surface area contributed by atoms with Crippen molar-refractivity contribution in [1.82, 2.24) is 10.6 Å². The van der Waals surface area contributed by atoms with Crippen LogP contribution in [-0.2, 0) is 19.1 Å². The van der Waals surface area contributed by atoms with Gasteiger partial charge in [0.25, 0.3) is 0 Å². The highest BCUT2D eigenvalue weighted by Gasteiger charge is 2.51. The van der Waals surface area contributed by atoms with Crippen LogP contribution < -0.4 is 10.6 Å². The number of carbonyl (C=O) groups excluding carboxylic acids is 3. The molecule has 138 valence electrons. The molecular formula is C14H23ClN2O6S. The summed E-state index contributed by atoms with van der Waals surface area (Å²) >= 11 is 6.85. The molecule has 0 aliphatic carbocycles. The van der Waals surface area contributed by atoms with Crippen molar-refractivity contribution in [2.75, 3.05) is 31.1 Å². The summed E-state index contributed by atoms with van der Waals surface area (Å²) in [5, 5.41) is 25.2. The zero-order chi connectivity index (χ0) is 18.3. The second kappa shape index (κ2) is 9.45. The standard InChI is InChI=1S/C14H23ClN2O6S/c1-8(19)16-10(13(22)23-2)5-24-7-14(6-18)11(20)9(3-4-15)12(21)17-14/h9-11,18,20H,3-7H2,1-2H3,(H,16,19)(H,17,21). The molecule has 0 aromatic heterocycles. The maximum Gasteiger partial charge on any atom is 0.329 e. The molecule has 0 saturated carbocycles. The summed E-state index contributed by atoms with van der Waals surface area (Å²) in [4.78, 5) is 34.8. The third-order valence-corrected chi connectivity index (χ3v) is 5.37. The van der Waals surface area contributed by atoms with Gasteiger partial charge >= 0.3 is 5.97 Å². The van der Waals surface area contributed by atoms with Crippen LogP contribution in [-0.4, -0.2) is 76.8 Å². The van der Waals surface area contributed by atoms with E-state index in [1.165, 1.54) is 25.8 Å². The van der Waals surface area contributed by atoms with Gasteiger partial charge in [0.15, 0.2) is 0 Å². The fraction of sp³-hybridized carbons (Fsp3) is 0.786. The molecule has 1 saturated heterocycles. The second-order valence-corrected chi connectivity index (χ2v) is 7.03. The number of halogens is 1. The van der Waals surface area contributed by atoms with E-state index in [9.17, 15) is 24.6 Å². The van der Waals surface area contributed by atoms with Crippen molar-refractivity contribution in [3.05, 3.63) is 0 Å². The number of hydrogen-bond acceptors (Lipinski definition) is 7. The summed E-state index contributed by atoms with van der Waals surface area (Å²) in [6, 6.07) is -0.846. The number of esters is 1. The molecule has 1 aliphatic heterocycles. The Labute approximate surface area is 149 Å². The molecule has 0 aromatic carbocycles. The van der Waals surface area contributed by atoms with Crippen molar-refractivity contribution in [3.63, 3.8) is 0 Å². The first-order chi connectivity index (χ1) is 11.3. The molecule has 4 atom stereocenters. The summed E-state index contributed by atoms with van der Waals surface area (Å²) in [7, 11) is 1.22. The molecule has 0 spiro atoms. The van der Waals surface area contributed by atoms with Crippen LogP contribution in [0.2, 0.25) is 0 Å². The van der Waals surface area contributed by atoms with Crippen LogP contribution in [0.1, 0.15) is 13.3 Å². The van der Waals surface area contributed by atoms with E-state index >= 15 is 0 Å². The van der Waals surface area contributed by atoms with Gasteiger partial charge in [-0.25, -0.2) is 4.79 Å². The number of alkyl halides is 1. The zero-order valence-corrected chi connectivity index (χ0v) is 15.2. The minimum Gasteiger partial charge on any atom is -0.467 e. The number of carbonyl (C=O) groups is 3. The summed E-state index contributed by atoms with van der Waals surface area (Å²) in [5.41, 5.74) is -1.20. The molecule has 0 bridgehead atoms. The molecule has 0 aromatic rings. The number of ether oxygens (including phenoxy) is 1. The monoisotopic (exact) mass is 382 g/mol. The van der Waals surface area contributed by atoms with Crippen LogP contribution in [0.3, 0.4) is 0 Å². The lowest BCUT2D eigenvalue weighted by atomic mass is 9.90. The van der Waals surface area contributed by atoms with E-state index < -0.39 is 36.2 Å². The van der Waals surface area contributed by atoms with Crippen molar-refractivity contribution in [3.8, 4) is 0 Å². The molecule has 4 N–H and O–H groups in total. The van der Waals surface area contributed by atoms with Crippen LogP contribution in [0, 0.1) is 5.92 Å². The van der Waals surface area contributed by atoms with Crippen molar-refractivity contribution in [1.29, 1.82) is 0 Å². The summed E-state index contributed by atoms with van der Waals surface area (Å²) in [6.07, 6.45) is -0.781. The van der Waals surface area contributed by atoms with Crippen molar-refractivity contribution in [2.45, 2.75) is 31.0 Å². The fourth-order valence-electron chi connectivity index (χ4n) is 2.56.